The first-order valence-corrected chi connectivity index (χ1v) is 24.0. The maximum Gasteiger partial charge on any atom is 0.509 e. The predicted octanol–water partition coefficient (Wildman–Crippen LogP) is 10.8. The van der Waals surface area contributed by atoms with E-state index in [0.717, 1.165) is 34.2 Å². The number of carbonyl (C=O) groups excluding carboxylic acids is 4. The van der Waals surface area contributed by atoms with Gasteiger partial charge in [0.1, 0.15) is 44.4 Å². The minimum absolute atomic E-state index is 0.0121. The molecule has 5 unspecified atom stereocenters. The van der Waals surface area contributed by atoms with Crippen LogP contribution in [0.2, 0.25) is 0 Å². The topological polar surface area (TPSA) is 169 Å². The summed E-state index contributed by atoms with van der Waals surface area (Å²) in [5.74, 6) is -3.56. The molecule has 0 aliphatic carbocycles. The van der Waals surface area contributed by atoms with E-state index in [0.29, 0.717) is 6.42 Å². The van der Waals surface area contributed by atoms with Gasteiger partial charge in [0.2, 0.25) is 0 Å². The van der Waals surface area contributed by atoms with Crippen molar-refractivity contribution in [1.82, 2.24) is 0 Å². The van der Waals surface area contributed by atoms with Crippen molar-refractivity contribution in [2.24, 2.45) is 11.8 Å². The van der Waals surface area contributed by atoms with Gasteiger partial charge >= 0.3 is 39.9 Å². The number of ether oxygens (including phenoxy) is 4. The molecule has 5 rings (SSSR count). The van der Waals surface area contributed by atoms with Gasteiger partial charge in [-0.3, -0.25) is 19.2 Å². The van der Waals surface area contributed by atoms with Crippen LogP contribution in [0, 0.1) is 11.8 Å². The van der Waals surface area contributed by atoms with Crippen LogP contribution in [0.1, 0.15) is 79.4 Å². The Kier molecular flexibility index (Phi) is 23.4. The molecule has 5 atom stereocenters. The van der Waals surface area contributed by atoms with E-state index in [1.165, 1.54) is 0 Å². The van der Waals surface area contributed by atoms with Crippen LogP contribution in [0.5, 0.6) is 0 Å². The summed E-state index contributed by atoms with van der Waals surface area (Å²) in [6.45, 7) is 2.54. The molecule has 0 aromatic heterocycles. The van der Waals surface area contributed by atoms with Crippen LogP contribution in [0.15, 0.2) is 152 Å². The van der Waals surface area contributed by atoms with Crippen LogP contribution in [-0.4, -0.2) is 41.1 Å². The Labute approximate surface area is 377 Å². The number of benzene rings is 5. The molecule has 0 aliphatic heterocycles. The summed E-state index contributed by atoms with van der Waals surface area (Å²) in [5, 5.41) is 0. The molecule has 0 radical (unpaired) electrons. The SMILES string of the molecule is CCCC(O[P+](=O)CC(CCC(=O)OCc1ccccc1)C(=O)OCc1ccccc1)c1ccccc1.O=C(CCC(C[P+](=O)O)C(=O)OCc1ccccc1)OCc1ccccc1. The Bertz CT molecular complexity index is 2160. The second-order valence-corrected chi connectivity index (χ2v) is 17.1. The van der Waals surface area contributed by atoms with E-state index in [1.807, 2.05) is 159 Å². The highest BCUT2D eigenvalue weighted by molar-refractivity contribution is 7.39. The predicted molar refractivity (Wildman–Crippen MR) is 243 cm³/mol. The van der Waals surface area contributed by atoms with Crippen molar-refractivity contribution in [3.05, 3.63) is 179 Å². The van der Waals surface area contributed by atoms with E-state index in [4.69, 9.17) is 28.4 Å². The Morgan fingerprint density at radius 2 is 0.828 bits per heavy atom. The smallest absolute Gasteiger partial charge is 0.461 e. The molecular weight excluding hydrogens is 854 g/mol. The van der Waals surface area contributed by atoms with Gasteiger partial charge in [0.05, 0.1) is 0 Å². The fraction of sp³-hybridized carbons (Fsp3) is 0.320. The highest BCUT2D eigenvalue weighted by Gasteiger charge is 2.35. The zero-order chi connectivity index (χ0) is 45.8. The molecule has 0 fully saturated rings. The molecule has 0 saturated heterocycles. The average Bonchev–Trinajstić information content (AvgIpc) is 3.32. The van der Waals surface area contributed by atoms with Crippen molar-refractivity contribution < 1.29 is 56.7 Å². The zero-order valence-corrected chi connectivity index (χ0v) is 37.8. The Hall–Kier alpha value is -5.90. The molecule has 0 aliphatic rings. The average molecular weight is 911 g/mol. The van der Waals surface area contributed by atoms with E-state index >= 15 is 0 Å². The Balaban J connectivity index is 0.000000295. The number of rotatable bonds is 25. The molecule has 0 spiro atoms. The Morgan fingerprint density at radius 1 is 0.484 bits per heavy atom. The number of carbonyl (C=O) groups is 4. The third kappa shape index (κ3) is 20.5. The van der Waals surface area contributed by atoms with Crippen LogP contribution in [0.25, 0.3) is 0 Å². The van der Waals surface area contributed by atoms with Crippen molar-refractivity contribution in [2.45, 2.75) is 78.0 Å². The molecule has 0 saturated carbocycles. The van der Waals surface area contributed by atoms with Crippen molar-refractivity contribution in [3.63, 3.8) is 0 Å². The maximum atomic E-state index is 13.0. The van der Waals surface area contributed by atoms with E-state index in [1.54, 1.807) is 0 Å². The van der Waals surface area contributed by atoms with Crippen LogP contribution < -0.4 is 0 Å². The van der Waals surface area contributed by atoms with Crippen molar-refractivity contribution in [1.29, 1.82) is 0 Å². The number of hydrogen-bond donors (Lipinski definition) is 1. The highest BCUT2D eigenvalue weighted by atomic mass is 31.1. The molecule has 1 N–H and O–H groups in total. The minimum atomic E-state index is -2.52. The van der Waals surface area contributed by atoms with Crippen LogP contribution >= 0.6 is 16.1 Å². The van der Waals surface area contributed by atoms with Gasteiger partial charge in [0.15, 0.2) is 12.3 Å². The quantitative estimate of drug-likeness (QED) is 0.0335. The maximum absolute atomic E-state index is 13.0. The second-order valence-electron chi connectivity index (χ2n) is 14.8. The number of esters is 4. The van der Waals surface area contributed by atoms with Gasteiger partial charge in [-0.2, -0.15) is 4.89 Å². The molecule has 5 aromatic carbocycles. The molecule has 0 heterocycles. The van der Waals surface area contributed by atoms with Crippen molar-refractivity contribution >= 4 is 39.9 Å². The lowest BCUT2D eigenvalue weighted by molar-refractivity contribution is -0.152. The van der Waals surface area contributed by atoms with Gasteiger partial charge in [-0.15, -0.1) is 4.52 Å². The fourth-order valence-corrected chi connectivity index (χ4v) is 8.23. The molecule has 14 heteroatoms. The van der Waals surface area contributed by atoms with Gasteiger partial charge < -0.3 is 18.9 Å². The molecule has 336 valence electrons. The van der Waals surface area contributed by atoms with Crippen molar-refractivity contribution in [2.75, 3.05) is 12.3 Å². The van der Waals surface area contributed by atoms with E-state index in [-0.39, 0.29) is 70.5 Å². The third-order valence-electron chi connectivity index (χ3n) is 9.71. The largest absolute Gasteiger partial charge is 0.509 e. The normalized spacial score (nSPS) is 12.5. The zero-order valence-electron chi connectivity index (χ0n) is 36.0. The lowest BCUT2D eigenvalue weighted by atomic mass is 10.1. The van der Waals surface area contributed by atoms with E-state index in [9.17, 15) is 28.3 Å². The summed E-state index contributed by atoms with van der Waals surface area (Å²) < 4.78 is 51.4. The summed E-state index contributed by atoms with van der Waals surface area (Å²) in [4.78, 5) is 58.6. The highest BCUT2D eigenvalue weighted by Crippen LogP contribution is 2.37. The first kappa shape index (κ1) is 50.7. The lowest BCUT2D eigenvalue weighted by Gasteiger charge is -2.14. The standard InChI is InChI=1S/C30H34O6P.C20H21O6P/c1-2-12-28(26-17-10-5-11-18-26)36-37(33)23-27(30(32)35-22-25-15-8-4-9-16-25)19-20-29(31)34-21-24-13-6-3-7-14-24;21-19(25-13-16-7-3-1-4-8-16)12-11-18(15-27(23)24)20(22)26-14-17-9-5-2-6-10-17/h3-11,13-18,27-28H,2,12,19-23H2,1H3;1-10,18H,11-15H2/q+1;/p+1. The lowest BCUT2D eigenvalue weighted by Crippen LogP contribution is -2.22. The van der Waals surface area contributed by atoms with E-state index < -0.39 is 51.8 Å². The first-order chi connectivity index (χ1) is 31.1. The fourth-order valence-electron chi connectivity index (χ4n) is 6.23. The van der Waals surface area contributed by atoms with E-state index in [2.05, 4.69) is 0 Å². The summed E-state index contributed by atoms with van der Waals surface area (Å²) in [7, 11) is -4.68. The molecular formula is C50H56O12P2+2. The minimum Gasteiger partial charge on any atom is -0.461 e. The summed E-state index contributed by atoms with van der Waals surface area (Å²) in [5.41, 5.74) is 4.36. The number of hydrogen-bond acceptors (Lipinski definition) is 11. The van der Waals surface area contributed by atoms with Crippen LogP contribution in [0.3, 0.4) is 0 Å². The molecule has 0 bridgehead atoms. The van der Waals surface area contributed by atoms with Gasteiger partial charge in [-0.05, 0) is 56.2 Å². The monoisotopic (exact) mass is 910 g/mol. The van der Waals surface area contributed by atoms with Gasteiger partial charge in [0.25, 0.3) is 0 Å². The summed E-state index contributed by atoms with van der Waals surface area (Å²) in [6.07, 6.45) is 1.22. The van der Waals surface area contributed by atoms with Gasteiger partial charge in [-0.25, -0.2) is 0 Å². The third-order valence-corrected chi connectivity index (χ3v) is 11.7. The summed E-state index contributed by atoms with van der Waals surface area (Å²) >= 11 is 0. The molecule has 12 nitrogen and oxygen atoms in total. The molecule has 0 amide bonds. The van der Waals surface area contributed by atoms with Crippen molar-refractivity contribution in [3.8, 4) is 0 Å². The summed E-state index contributed by atoms with van der Waals surface area (Å²) in [6, 6.07) is 46.8. The molecule has 5 aromatic rings. The molecule has 64 heavy (non-hydrogen) atoms. The van der Waals surface area contributed by atoms with Gasteiger partial charge in [-0.1, -0.05) is 165 Å². The first-order valence-electron chi connectivity index (χ1n) is 21.2. The van der Waals surface area contributed by atoms with Gasteiger partial charge in [0, 0.05) is 12.8 Å². The van der Waals surface area contributed by atoms with Crippen LogP contribution in [-0.2, 0) is 78.2 Å². The Morgan fingerprint density at radius 3 is 1.19 bits per heavy atom. The second kappa shape index (κ2) is 29.5. The van der Waals surface area contributed by atoms with Crippen LogP contribution in [0.4, 0.5) is 0 Å².